The fourth-order valence-corrected chi connectivity index (χ4v) is 2.45. The van der Waals surface area contributed by atoms with E-state index in [2.05, 4.69) is 5.32 Å². The van der Waals surface area contributed by atoms with E-state index >= 15 is 0 Å². The number of nitrogens with one attached hydrogen (secondary N) is 1. The van der Waals surface area contributed by atoms with Crippen LogP contribution in [0.1, 0.15) is 29.3 Å². The van der Waals surface area contributed by atoms with Crippen LogP contribution in [0.4, 0.5) is 0 Å². The van der Waals surface area contributed by atoms with Crippen LogP contribution in [0.25, 0.3) is 0 Å². The third-order valence-corrected chi connectivity index (χ3v) is 3.51. The Morgan fingerprint density at radius 3 is 2.86 bits per heavy atom. The number of aryl methyl sites for hydroxylation is 1. The summed E-state index contributed by atoms with van der Waals surface area (Å²) in [5.41, 5.74) is 6.52. The van der Waals surface area contributed by atoms with Crippen LogP contribution >= 0.6 is 11.3 Å². The number of carbonyl (C=O) groups is 1. The molecule has 1 aliphatic rings. The zero-order valence-electron chi connectivity index (χ0n) is 8.12. The summed E-state index contributed by atoms with van der Waals surface area (Å²) in [6, 6.07) is 2.22. The Kier molecular flexibility index (Phi) is 2.56. The van der Waals surface area contributed by atoms with Gasteiger partial charge in [-0.05, 0) is 36.8 Å². The minimum Gasteiger partial charge on any atom is -0.368 e. The first-order valence-corrected chi connectivity index (χ1v) is 5.66. The summed E-state index contributed by atoms with van der Waals surface area (Å²) < 4.78 is 0. The van der Waals surface area contributed by atoms with Crippen molar-refractivity contribution in [2.24, 2.45) is 5.73 Å². The van der Waals surface area contributed by atoms with Crippen molar-refractivity contribution >= 4 is 17.2 Å². The van der Waals surface area contributed by atoms with E-state index in [1.165, 1.54) is 0 Å². The lowest BCUT2D eigenvalue weighted by Gasteiger charge is -2.14. The van der Waals surface area contributed by atoms with Gasteiger partial charge in [-0.1, -0.05) is 0 Å². The van der Waals surface area contributed by atoms with Gasteiger partial charge in [0, 0.05) is 10.9 Å². The van der Waals surface area contributed by atoms with Gasteiger partial charge in [0.1, 0.15) is 6.04 Å². The molecule has 1 fully saturated rings. The van der Waals surface area contributed by atoms with E-state index in [1.807, 2.05) is 18.4 Å². The van der Waals surface area contributed by atoms with E-state index in [0.29, 0.717) is 6.04 Å². The average Bonchev–Trinajstić information content (AvgIpc) is 2.85. The fraction of sp³-hybridized carbons (Fsp3) is 0.500. The predicted octanol–water partition coefficient (Wildman–Crippen LogP) is 1.33. The van der Waals surface area contributed by atoms with Gasteiger partial charge in [0.05, 0.1) is 0 Å². The van der Waals surface area contributed by atoms with Crippen molar-refractivity contribution in [1.29, 1.82) is 0 Å². The molecule has 1 saturated carbocycles. The number of nitrogens with two attached hydrogens (primary N) is 1. The molecule has 0 spiro atoms. The number of carbonyl (C=O) groups excluding carboxylic acids is 1. The fourth-order valence-electron chi connectivity index (χ4n) is 1.45. The van der Waals surface area contributed by atoms with Crippen molar-refractivity contribution in [2.45, 2.75) is 31.8 Å². The molecule has 1 unspecified atom stereocenters. The number of hydrogen-bond donors (Lipinski definition) is 2. The molecule has 1 atom stereocenters. The van der Waals surface area contributed by atoms with Crippen molar-refractivity contribution < 1.29 is 4.79 Å². The molecule has 0 radical (unpaired) electrons. The molecule has 76 valence electrons. The zero-order valence-corrected chi connectivity index (χ0v) is 8.93. The smallest absolute Gasteiger partial charge is 0.240 e. The molecule has 3 nitrogen and oxygen atoms in total. The highest BCUT2D eigenvalue weighted by atomic mass is 32.1. The minimum atomic E-state index is -0.289. The second-order valence-corrected chi connectivity index (χ2v) is 4.69. The maximum Gasteiger partial charge on any atom is 0.240 e. The molecule has 0 aliphatic heterocycles. The molecule has 0 saturated heterocycles. The maximum atomic E-state index is 11.3. The van der Waals surface area contributed by atoms with Crippen LogP contribution in [0.5, 0.6) is 0 Å². The van der Waals surface area contributed by atoms with Crippen LogP contribution in [-0.2, 0) is 4.79 Å². The average molecular weight is 210 g/mol. The number of rotatable bonds is 4. The Bertz CT molecular complexity index is 344. The van der Waals surface area contributed by atoms with E-state index < -0.39 is 0 Å². The summed E-state index contributed by atoms with van der Waals surface area (Å²) in [4.78, 5) is 12.3. The third kappa shape index (κ3) is 1.96. The summed E-state index contributed by atoms with van der Waals surface area (Å²) in [6.45, 7) is 2.01. The molecule has 1 aliphatic carbocycles. The molecule has 1 aromatic heterocycles. The molecule has 0 aromatic carbocycles. The lowest BCUT2D eigenvalue weighted by molar-refractivity contribution is -0.120. The van der Waals surface area contributed by atoms with Gasteiger partial charge >= 0.3 is 0 Å². The van der Waals surface area contributed by atoms with Gasteiger partial charge in [0.25, 0.3) is 0 Å². The maximum absolute atomic E-state index is 11.3. The van der Waals surface area contributed by atoms with Crippen LogP contribution in [-0.4, -0.2) is 11.9 Å². The predicted molar refractivity (Wildman–Crippen MR) is 57.1 cm³/mol. The molecule has 4 heteroatoms. The normalized spacial score (nSPS) is 18.1. The van der Waals surface area contributed by atoms with Crippen LogP contribution in [0.15, 0.2) is 11.4 Å². The third-order valence-electron chi connectivity index (χ3n) is 2.43. The van der Waals surface area contributed by atoms with Crippen LogP contribution in [0.3, 0.4) is 0 Å². The van der Waals surface area contributed by atoms with E-state index in [9.17, 15) is 4.79 Å². The topological polar surface area (TPSA) is 55.1 Å². The quantitative estimate of drug-likeness (QED) is 0.788. The summed E-state index contributed by atoms with van der Waals surface area (Å²) >= 11 is 1.59. The Balaban J connectivity index is 2.16. The molecule has 3 N–H and O–H groups in total. The molecular weight excluding hydrogens is 196 g/mol. The number of amides is 1. The molecule has 0 bridgehead atoms. The van der Waals surface area contributed by atoms with Gasteiger partial charge in [-0.15, -0.1) is 11.3 Å². The van der Waals surface area contributed by atoms with Gasteiger partial charge in [-0.25, -0.2) is 0 Å². The molecule has 14 heavy (non-hydrogen) atoms. The summed E-state index contributed by atoms with van der Waals surface area (Å²) in [6.07, 6.45) is 2.32. The van der Waals surface area contributed by atoms with Crippen molar-refractivity contribution in [2.75, 3.05) is 0 Å². The number of thiophene rings is 1. The SMILES string of the molecule is Cc1ccsc1C(NC1CC1)C(N)=O. The van der Waals surface area contributed by atoms with Gasteiger partial charge in [0.2, 0.25) is 5.91 Å². The van der Waals surface area contributed by atoms with Crippen molar-refractivity contribution in [3.8, 4) is 0 Å². The molecule has 1 heterocycles. The summed E-state index contributed by atoms with van der Waals surface area (Å²) in [5.74, 6) is -0.276. The highest BCUT2D eigenvalue weighted by Gasteiger charge is 2.29. The van der Waals surface area contributed by atoms with Gasteiger partial charge in [0.15, 0.2) is 0 Å². The molecule has 1 aromatic rings. The largest absolute Gasteiger partial charge is 0.368 e. The monoisotopic (exact) mass is 210 g/mol. The van der Waals surface area contributed by atoms with Crippen LogP contribution in [0.2, 0.25) is 0 Å². The number of hydrogen-bond acceptors (Lipinski definition) is 3. The highest BCUT2D eigenvalue weighted by Crippen LogP contribution is 2.28. The standard InChI is InChI=1S/C10H14N2OS/c1-6-4-5-14-9(6)8(10(11)13)12-7-2-3-7/h4-5,7-8,12H,2-3H2,1H3,(H2,11,13). The first kappa shape index (κ1) is 9.68. The van der Waals surface area contributed by atoms with E-state index in [1.54, 1.807) is 11.3 Å². The van der Waals surface area contributed by atoms with Gasteiger partial charge < -0.3 is 5.73 Å². The van der Waals surface area contributed by atoms with Crippen molar-refractivity contribution in [3.63, 3.8) is 0 Å². The first-order chi connectivity index (χ1) is 6.68. The van der Waals surface area contributed by atoms with Crippen LogP contribution < -0.4 is 11.1 Å². The Hall–Kier alpha value is -0.870. The zero-order chi connectivity index (χ0) is 10.1. The lowest BCUT2D eigenvalue weighted by atomic mass is 10.1. The Morgan fingerprint density at radius 1 is 1.71 bits per heavy atom. The van der Waals surface area contributed by atoms with E-state index in [0.717, 1.165) is 23.3 Å². The first-order valence-electron chi connectivity index (χ1n) is 4.78. The van der Waals surface area contributed by atoms with Crippen molar-refractivity contribution in [3.05, 3.63) is 21.9 Å². The second-order valence-electron chi connectivity index (χ2n) is 3.74. The van der Waals surface area contributed by atoms with Gasteiger partial charge in [-0.2, -0.15) is 0 Å². The van der Waals surface area contributed by atoms with Crippen LogP contribution in [0, 0.1) is 6.92 Å². The second kappa shape index (κ2) is 3.71. The Labute approximate surface area is 87.3 Å². The van der Waals surface area contributed by atoms with E-state index in [-0.39, 0.29) is 11.9 Å². The number of primary amides is 1. The summed E-state index contributed by atoms with van der Waals surface area (Å²) in [5, 5.41) is 5.26. The molecular formula is C10H14N2OS. The highest BCUT2D eigenvalue weighted by molar-refractivity contribution is 7.10. The Morgan fingerprint density at radius 2 is 2.43 bits per heavy atom. The lowest BCUT2D eigenvalue weighted by Crippen LogP contribution is -2.34. The van der Waals surface area contributed by atoms with Crippen molar-refractivity contribution in [1.82, 2.24) is 5.32 Å². The minimum absolute atomic E-state index is 0.276. The summed E-state index contributed by atoms with van der Waals surface area (Å²) in [7, 11) is 0. The van der Waals surface area contributed by atoms with Gasteiger partial charge in [-0.3, -0.25) is 10.1 Å². The van der Waals surface area contributed by atoms with E-state index in [4.69, 9.17) is 5.73 Å². The molecule has 1 amide bonds. The molecule has 2 rings (SSSR count).